The van der Waals surface area contributed by atoms with Crippen LogP contribution in [-0.2, 0) is 14.3 Å². The van der Waals surface area contributed by atoms with Crippen molar-refractivity contribution in [2.24, 2.45) is 4.99 Å². The van der Waals surface area contributed by atoms with Gasteiger partial charge < -0.3 is 18.9 Å². The molecule has 3 aromatic rings. The highest BCUT2D eigenvalue weighted by Gasteiger charge is 2.33. The van der Waals surface area contributed by atoms with Crippen LogP contribution in [-0.4, -0.2) is 29.9 Å². The van der Waals surface area contributed by atoms with Crippen molar-refractivity contribution in [3.8, 4) is 17.2 Å². The maximum Gasteiger partial charge on any atom is 0.338 e. The molecule has 36 heavy (non-hydrogen) atoms. The van der Waals surface area contributed by atoms with Crippen molar-refractivity contribution >= 4 is 29.4 Å². The molecule has 0 unspecified atom stereocenters. The first-order valence-corrected chi connectivity index (χ1v) is 12.0. The number of hydrogen-bond acceptors (Lipinski definition) is 9. The van der Waals surface area contributed by atoms with Gasteiger partial charge in [-0.2, -0.15) is 0 Å². The zero-order chi connectivity index (χ0) is 25.4. The summed E-state index contributed by atoms with van der Waals surface area (Å²) in [6, 6.07) is 11.4. The lowest BCUT2D eigenvalue weighted by Gasteiger charge is -2.24. The molecule has 0 bridgehead atoms. The predicted octanol–water partition coefficient (Wildman–Crippen LogP) is 2.45. The Morgan fingerprint density at radius 3 is 2.64 bits per heavy atom. The summed E-state index contributed by atoms with van der Waals surface area (Å²) in [4.78, 5) is 43.0. The Labute approximate surface area is 209 Å². The topological polar surface area (TPSA) is 105 Å². The van der Waals surface area contributed by atoms with Gasteiger partial charge in [-0.1, -0.05) is 29.5 Å². The van der Waals surface area contributed by atoms with E-state index in [1.165, 1.54) is 22.8 Å². The largest absolute Gasteiger partial charge is 0.463 e. The fraction of sp³-hybridized carbons (Fsp3) is 0.231. The Balaban J connectivity index is 1.65. The molecule has 0 amide bonds. The molecule has 0 aliphatic carbocycles. The fourth-order valence-electron chi connectivity index (χ4n) is 4.15. The summed E-state index contributed by atoms with van der Waals surface area (Å²) in [6.07, 6.45) is 1.76. The minimum Gasteiger partial charge on any atom is -0.463 e. The third-order valence-corrected chi connectivity index (χ3v) is 6.65. The number of allylic oxidation sites excluding steroid dienone is 1. The number of ether oxygens (including phenoxy) is 4. The molecule has 0 saturated carbocycles. The van der Waals surface area contributed by atoms with Crippen molar-refractivity contribution in [3.63, 3.8) is 0 Å². The van der Waals surface area contributed by atoms with Crippen LogP contribution in [0.4, 0.5) is 0 Å². The number of carbonyl (C=O) groups is 2. The highest BCUT2D eigenvalue weighted by Crippen LogP contribution is 2.33. The lowest BCUT2D eigenvalue weighted by molar-refractivity contribution is -0.139. The van der Waals surface area contributed by atoms with Crippen LogP contribution in [0.3, 0.4) is 0 Å². The molecular formula is C26H22N2O7S. The van der Waals surface area contributed by atoms with Crippen LogP contribution in [0.5, 0.6) is 17.2 Å². The molecule has 10 heteroatoms. The first-order chi connectivity index (χ1) is 17.4. The first kappa shape index (κ1) is 23.6. The second-order valence-electron chi connectivity index (χ2n) is 8.08. The minimum atomic E-state index is -0.759. The summed E-state index contributed by atoms with van der Waals surface area (Å²) in [7, 11) is 0. The van der Waals surface area contributed by atoms with Crippen molar-refractivity contribution in [3.05, 3.63) is 84.5 Å². The SMILES string of the molecule is CCOC(=O)C1=C(C)N=c2s/c(=C\c3ccc4c(c3)OCO4)c(=O)n2[C@@H]1c1ccc(OC(C)=O)cc1. The smallest absolute Gasteiger partial charge is 0.338 e. The van der Waals surface area contributed by atoms with Gasteiger partial charge in [0.05, 0.1) is 28.5 Å². The molecule has 2 aromatic carbocycles. The van der Waals surface area contributed by atoms with E-state index in [2.05, 4.69) is 4.99 Å². The van der Waals surface area contributed by atoms with E-state index in [-0.39, 0.29) is 24.5 Å². The average Bonchev–Trinajstić information content (AvgIpc) is 3.42. The third kappa shape index (κ3) is 4.31. The monoisotopic (exact) mass is 506 g/mol. The number of carbonyl (C=O) groups excluding carboxylic acids is 2. The molecule has 1 aromatic heterocycles. The lowest BCUT2D eigenvalue weighted by Crippen LogP contribution is -2.39. The zero-order valence-corrected chi connectivity index (χ0v) is 20.6. The van der Waals surface area contributed by atoms with Gasteiger partial charge in [0.25, 0.3) is 5.56 Å². The predicted molar refractivity (Wildman–Crippen MR) is 131 cm³/mol. The molecule has 5 rings (SSSR count). The number of hydrogen-bond donors (Lipinski definition) is 0. The minimum absolute atomic E-state index is 0.160. The number of benzene rings is 2. The van der Waals surface area contributed by atoms with E-state index >= 15 is 0 Å². The number of thiazole rings is 1. The molecule has 0 radical (unpaired) electrons. The van der Waals surface area contributed by atoms with Crippen LogP contribution < -0.4 is 29.1 Å². The standard InChI is InChI=1S/C26H22N2O7S/c1-4-32-25(31)22-14(2)27-26-28(23(22)17-6-8-18(9-7-17)35-15(3)29)24(30)21(36-26)12-16-5-10-19-20(11-16)34-13-33-19/h5-12,23H,4,13H2,1-3H3/b21-12-/t23-/m1/s1. The van der Waals surface area contributed by atoms with E-state index in [1.54, 1.807) is 56.3 Å². The summed E-state index contributed by atoms with van der Waals surface area (Å²) < 4.78 is 23.2. The summed E-state index contributed by atoms with van der Waals surface area (Å²) >= 11 is 1.23. The molecular weight excluding hydrogens is 484 g/mol. The summed E-state index contributed by atoms with van der Waals surface area (Å²) in [5.74, 6) is 0.642. The van der Waals surface area contributed by atoms with Gasteiger partial charge in [0.1, 0.15) is 5.75 Å². The maximum absolute atomic E-state index is 13.7. The zero-order valence-electron chi connectivity index (χ0n) is 19.8. The molecule has 184 valence electrons. The Bertz CT molecular complexity index is 1580. The van der Waals surface area contributed by atoms with Gasteiger partial charge in [-0.3, -0.25) is 14.2 Å². The maximum atomic E-state index is 13.7. The van der Waals surface area contributed by atoms with E-state index in [0.717, 1.165) is 5.56 Å². The van der Waals surface area contributed by atoms with Crippen LogP contribution in [0.2, 0.25) is 0 Å². The van der Waals surface area contributed by atoms with Gasteiger partial charge in [-0.25, -0.2) is 9.79 Å². The molecule has 2 aliphatic heterocycles. The molecule has 0 spiro atoms. The lowest BCUT2D eigenvalue weighted by atomic mass is 9.96. The molecule has 1 atom stereocenters. The number of rotatable bonds is 5. The second-order valence-corrected chi connectivity index (χ2v) is 9.09. The number of aromatic nitrogens is 1. The van der Waals surface area contributed by atoms with Crippen LogP contribution in [0.1, 0.15) is 37.9 Å². The van der Waals surface area contributed by atoms with E-state index in [0.29, 0.717) is 37.8 Å². The Morgan fingerprint density at radius 1 is 1.17 bits per heavy atom. The average molecular weight is 507 g/mol. The van der Waals surface area contributed by atoms with E-state index in [1.807, 2.05) is 6.07 Å². The second kappa shape index (κ2) is 9.46. The van der Waals surface area contributed by atoms with Crippen molar-refractivity contribution in [1.82, 2.24) is 4.57 Å². The summed E-state index contributed by atoms with van der Waals surface area (Å²) in [6.45, 7) is 5.10. The number of nitrogens with zero attached hydrogens (tertiary/aromatic N) is 2. The van der Waals surface area contributed by atoms with E-state index in [4.69, 9.17) is 18.9 Å². The molecule has 0 fully saturated rings. The van der Waals surface area contributed by atoms with Crippen LogP contribution >= 0.6 is 11.3 Å². The number of esters is 2. The Morgan fingerprint density at radius 2 is 1.92 bits per heavy atom. The van der Waals surface area contributed by atoms with Gasteiger partial charge in [-0.15, -0.1) is 0 Å². The quantitative estimate of drug-likeness (QED) is 0.387. The third-order valence-electron chi connectivity index (χ3n) is 5.67. The summed E-state index contributed by atoms with van der Waals surface area (Å²) in [5, 5.41) is 0. The van der Waals surface area contributed by atoms with Gasteiger partial charge in [0.15, 0.2) is 16.3 Å². The van der Waals surface area contributed by atoms with Gasteiger partial charge >= 0.3 is 11.9 Å². The molecule has 0 saturated heterocycles. The first-order valence-electron chi connectivity index (χ1n) is 11.2. The molecule has 2 aliphatic rings. The summed E-state index contributed by atoms with van der Waals surface area (Å²) in [5.41, 5.74) is 1.88. The van der Waals surface area contributed by atoms with Crippen molar-refractivity contribution in [2.45, 2.75) is 26.8 Å². The number of fused-ring (bicyclic) bond motifs is 2. The van der Waals surface area contributed by atoms with Crippen molar-refractivity contribution < 1.29 is 28.5 Å². The van der Waals surface area contributed by atoms with Gasteiger partial charge in [-0.05, 0) is 55.3 Å². The van der Waals surface area contributed by atoms with E-state index in [9.17, 15) is 14.4 Å². The Hall–Kier alpha value is -4.18. The van der Waals surface area contributed by atoms with Crippen molar-refractivity contribution in [1.29, 1.82) is 0 Å². The van der Waals surface area contributed by atoms with Crippen LogP contribution in [0, 0.1) is 0 Å². The highest BCUT2D eigenvalue weighted by atomic mass is 32.1. The molecule has 9 nitrogen and oxygen atoms in total. The normalized spacial score (nSPS) is 16.4. The van der Waals surface area contributed by atoms with Crippen LogP contribution in [0.25, 0.3) is 6.08 Å². The highest BCUT2D eigenvalue weighted by molar-refractivity contribution is 7.07. The van der Waals surface area contributed by atoms with Crippen LogP contribution in [0.15, 0.2) is 63.5 Å². The van der Waals surface area contributed by atoms with Crippen molar-refractivity contribution in [2.75, 3.05) is 13.4 Å². The van der Waals surface area contributed by atoms with Gasteiger partial charge in [0.2, 0.25) is 6.79 Å². The fourth-order valence-corrected chi connectivity index (χ4v) is 5.19. The van der Waals surface area contributed by atoms with E-state index < -0.39 is 18.0 Å². The molecule has 0 N–H and O–H groups in total. The van der Waals surface area contributed by atoms with Gasteiger partial charge in [0, 0.05) is 6.92 Å². The molecule has 3 heterocycles. The Kier molecular flexibility index (Phi) is 6.19.